The van der Waals surface area contributed by atoms with Crippen molar-refractivity contribution in [2.75, 3.05) is 6.54 Å². The standard InChI is InChI=1S/C11H13N3O2/c1-9(15)12-8-10(11-4-2-7-16-11)14-6-3-5-13-14/h2-7,10H,8H2,1H3,(H,12,15). The fraction of sp³-hybridized carbons (Fsp3) is 0.273. The normalized spacial score (nSPS) is 12.3. The quantitative estimate of drug-likeness (QED) is 0.840. The number of aromatic nitrogens is 2. The van der Waals surface area contributed by atoms with E-state index < -0.39 is 0 Å². The van der Waals surface area contributed by atoms with E-state index in [0.717, 1.165) is 5.76 Å². The summed E-state index contributed by atoms with van der Waals surface area (Å²) in [4.78, 5) is 10.9. The molecule has 0 aromatic carbocycles. The third kappa shape index (κ3) is 2.31. The molecule has 2 rings (SSSR count). The number of hydrogen-bond donors (Lipinski definition) is 1. The first-order chi connectivity index (χ1) is 7.77. The minimum Gasteiger partial charge on any atom is -0.467 e. The number of hydrogen-bond acceptors (Lipinski definition) is 3. The molecule has 2 aromatic heterocycles. The fourth-order valence-corrected chi connectivity index (χ4v) is 1.51. The molecular weight excluding hydrogens is 206 g/mol. The van der Waals surface area contributed by atoms with Gasteiger partial charge in [0, 0.05) is 25.9 Å². The van der Waals surface area contributed by atoms with E-state index in [9.17, 15) is 4.79 Å². The van der Waals surface area contributed by atoms with E-state index in [1.165, 1.54) is 6.92 Å². The molecule has 5 nitrogen and oxygen atoms in total. The number of nitrogens with one attached hydrogen (secondary N) is 1. The summed E-state index contributed by atoms with van der Waals surface area (Å²) in [6, 6.07) is 5.42. The average Bonchev–Trinajstić information content (AvgIpc) is 2.88. The fourth-order valence-electron chi connectivity index (χ4n) is 1.51. The van der Waals surface area contributed by atoms with Gasteiger partial charge in [0.2, 0.25) is 5.91 Å². The summed E-state index contributed by atoms with van der Waals surface area (Å²) in [6.07, 6.45) is 5.15. The van der Waals surface area contributed by atoms with Gasteiger partial charge in [-0.2, -0.15) is 5.10 Å². The Labute approximate surface area is 93.1 Å². The molecule has 0 fully saturated rings. The van der Waals surface area contributed by atoms with Crippen molar-refractivity contribution in [2.24, 2.45) is 0 Å². The van der Waals surface area contributed by atoms with Crippen molar-refractivity contribution in [3.05, 3.63) is 42.6 Å². The summed E-state index contributed by atoms with van der Waals surface area (Å²) in [6.45, 7) is 1.95. The van der Waals surface area contributed by atoms with E-state index in [0.29, 0.717) is 6.54 Å². The zero-order valence-corrected chi connectivity index (χ0v) is 8.96. The zero-order chi connectivity index (χ0) is 11.4. The number of nitrogens with zero attached hydrogens (tertiary/aromatic N) is 2. The van der Waals surface area contributed by atoms with Crippen LogP contribution in [-0.4, -0.2) is 22.2 Å². The molecule has 0 radical (unpaired) electrons. The highest BCUT2D eigenvalue weighted by atomic mass is 16.3. The molecule has 0 spiro atoms. The van der Waals surface area contributed by atoms with E-state index >= 15 is 0 Å². The molecule has 0 saturated carbocycles. The highest BCUT2D eigenvalue weighted by molar-refractivity contribution is 5.72. The molecule has 0 saturated heterocycles. The molecule has 0 aliphatic carbocycles. The second-order valence-electron chi connectivity index (χ2n) is 3.45. The first-order valence-corrected chi connectivity index (χ1v) is 5.04. The molecule has 0 aliphatic heterocycles. The smallest absolute Gasteiger partial charge is 0.216 e. The van der Waals surface area contributed by atoms with Crippen molar-refractivity contribution >= 4 is 5.91 Å². The molecule has 2 aromatic rings. The van der Waals surface area contributed by atoms with Gasteiger partial charge in [-0.05, 0) is 18.2 Å². The van der Waals surface area contributed by atoms with Crippen LogP contribution in [0.3, 0.4) is 0 Å². The first kappa shape index (κ1) is 10.5. The summed E-state index contributed by atoms with van der Waals surface area (Å²) in [5.41, 5.74) is 0. The molecule has 0 bridgehead atoms. The summed E-state index contributed by atoms with van der Waals surface area (Å²) in [5, 5.41) is 6.92. The van der Waals surface area contributed by atoms with Gasteiger partial charge in [-0.25, -0.2) is 0 Å². The molecule has 84 valence electrons. The van der Waals surface area contributed by atoms with Crippen molar-refractivity contribution in [2.45, 2.75) is 13.0 Å². The van der Waals surface area contributed by atoms with Gasteiger partial charge >= 0.3 is 0 Å². The minimum absolute atomic E-state index is 0.0660. The highest BCUT2D eigenvalue weighted by Crippen LogP contribution is 2.16. The largest absolute Gasteiger partial charge is 0.467 e. The maximum atomic E-state index is 10.9. The predicted octanol–water partition coefficient (Wildman–Crippen LogP) is 1.20. The van der Waals surface area contributed by atoms with Crippen LogP contribution in [0.1, 0.15) is 18.7 Å². The lowest BCUT2D eigenvalue weighted by Crippen LogP contribution is -2.29. The van der Waals surface area contributed by atoms with E-state index in [1.807, 2.05) is 24.4 Å². The molecule has 0 aliphatic rings. The monoisotopic (exact) mass is 219 g/mol. The molecule has 1 unspecified atom stereocenters. The molecule has 1 atom stereocenters. The Hall–Kier alpha value is -2.04. The summed E-state index contributed by atoms with van der Waals surface area (Å²) >= 11 is 0. The van der Waals surface area contributed by atoms with Gasteiger partial charge in [0.15, 0.2) is 0 Å². The van der Waals surface area contributed by atoms with Crippen LogP contribution in [0.4, 0.5) is 0 Å². The number of carbonyl (C=O) groups excluding carboxylic acids is 1. The second-order valence-corrected chi connectivity index (χ2v) is 3.45. The molecule has 5 heteroatoms. The van der Waals surface area contributed by atoms with Crippen LogP contribution in [0.2, 0.25) is 0 Å². The second kappa shape index (κ2) is 4.65. The number of rotatable bonds is 4. The van der Waals surface area contributed by atoms with Crippen LogP contribution < -0.4 is 5.32 Å². The maximum absolute atomic E-state index is 10.9. The lowest BCUT2D eigenvalue weighted by molar-refractivity contribution is -0.119. The Kier molecular flexibility index (Phi) is 3.05. The van der Waals surface area contributed by atoms with Gasteiger partial charge in [-0.3, -0.25) is 9.48 Å². The van der Waals surface area contributed by atoms with Gasteiger partial charge in [0.05, 0.1) is 6.26 Å². The third-order valence-corrected chi connectivity index (χ3v) is 2.26. The van der Waals surface area contributed by atoms with E-state index in [1.54, 1.807) is 17.1 Å². The van der Waals surface area contributed by atoms with Gasteiger partial charge in [-0.15, -0.1) is 0 Å². The number of amides is 1. The van der Waals surface area contributed by atoms with Crippen LogP contribution >= 0.6 is 0 Å². The van der Waals surface area contributed by atoms with Gasteiger partial charge in [0.1, 0.15) is 11.8 Å². The van der Waals surface area contributed by atoms with Gasteiger partial charge in [-0.1, -0.05) is 0 Å². The Morgan fingerprint density at radius 1 is 1.62 bits per heavy atom. The van der Waals surface area contributed by atoms with Gasteiger partial charge in [0.25, 0.3) is 0 Å². The van der Waals surface area contributed by atoms with Crippen molar-refractivity contribution in [3.8, 4) is 0 Å². The summed E-state index contributed by atoms with van der Waals surface area (Å²) < 4.78 is 7.10. The Balaban J connectivity index is 2.17. The number of furan rings is 1. The molecular formula is C11H13N3O2. The van der Waals surface area contributed by atoms with E-state index in [4.69, 9.17) is 4.42 Å². The van der Waals surface area contributed by atoms with Crippen molar-refractivity contribution in [1.82, 2.24) is 15.1 Å². The van der Waals surface area contributed by atoms with Crippen molar-refractivity contribution in [3.63, 3.8) is 0 Å². The number of carbonyl (C=O) groups is 1. The lowest BCUT2D eigenvalue weighted by Gasteiger charge is -2.15. The molecule has 16 heavy (non-hydrogen) atoms. The van der Waals surface area contributed by atoms with E-state index in [-0.39, 0.29) is 11.9 Å². The maximum Gasteiger partial charge on any atom is 0.216 e. The molecule has 1 N–H and O–H groups in total. The van der Waals surface area contributed by atoms with Crippen molar-refractivity contribution < 1.29 is 9.21 Å². The van der Waals surface area contributed by atoms with Crippen LogP contribution in [0.5, 0.6) is 0 Å². The van der Waals surface area contributed by atoms with Crippen LogP contribution in [-0.2, 0) is 4.79 Å². The van der Waals surface area contributed by atoms with E-state index in [2.05, 4.69) is 10.4 Å². The Morgan fingerprint density at radius 3 is 3.06 bits per heavy atom. The summed E-state index contributed by atoms with van der Waals surface area (Å²) in [7, 11) is 0. The Morgan fingerprint density at radius 2 is 2.50 bits per heavy atom. The summed E-state index contributed by atoms with van der Waals surface area (Å²) in [5.74, 6) is 0.709. The van der Waals surface area contributed by atoms with Gasteiger partial charge < -0.3 is 9.73 Å². The van der Waals surface area contributed by atoms with Crippen LogP contribution in [0.25, 0.3) is 0 Å². The molecule has 2 heterocycles. The molecule has 1 amide bonds. The zero-order valence-electron chi connectivity index (χ0n) is 8.96. The SMILES string of the molecule is CC(=O)NCC(c1ccco1)n1cccn1. The lowest BCUT2D eigenvalue weighted by atomic mass is 10.2. The topological polar surface area (TPSA) is 60.1 Å². The van der Waals surface area contributed by atoms with Crippen LogP contribution in [0, 0.1) is 0 Å². The highest BCUT2D eigenvalue weighted by Gasteiger charge is 2.16. The minimum atomic E-state index is -0.103. The average molecular weight is 219 g/mol. The first-order valence-electron chi connectivity index (χ1n) is 5.04. The van der Waals surface area contributed by atoms with Crippen molar-refractivity contribution in [1.29, 1.82) is 0 Å². The predicted molar refractivity (Wildman–Crippen MR) is 57.8 cm³/mol. The third-order valence-electron chi connectivity index (χ3n) is 2.26. The Bertz CT molecular complexity index is 400. The van der Waals surface area contributed by atoms with Crippen LogP contribution in [0.15, 0.2) is 41.3 Å².